The molecule has 4 nitrogen and oxygen atoms in total. The van der Waals surface area contributed by atoms with Crippen molar-refractivity contribution >= 4 is 22.1 Å². The Balaban J connectivity index is 3.18. The maximum Gasteiger partial charge on any atom is 0.153 e. The van der Waals surface area contributed by atoms with Crippen LogP contribution < -0.4 is 0 Å². The molecule has 0 saturated heterocycles. The molecule has 0 atom stereocenters. The maximum absolute atomic E-state index is 10.9. The number of hydrogen-bond donors (Lipinski definition) is 1. The van der Waals surface area contributed by atoms with Gasteiger partial charge in [-0.1, -0.05) is 18.3 Å². The highest BCUT2D eigenvalue weighted by Gasteiger charge is 2.07. The first-order valence-corrected chi connectivity index (χ1v) is 5.95. The number of hydrogen-bond acceptors (Lipinski definition) is 4. The first kappa shape index (κ1) is 10.2. The van der Waals surface area contributed by atoms with E-state index in [4.69, 9.17) is 12.2 Å². The molecule has 0 aromatic carbocycles. The molecule has 1 aromatic heterocycles. The number of aromatic nitrogens is 1. The molecule has 72 valence electrons. The van der Waals surface area contributed by atoms with E-state index in [0.717, 1.165) is 6.26 Å². The van der Waals surface area contributed by atoms with Crippen molar-refractivity contribution in [2.45, 2.75) is 5.75 Å². The molecule has 0 amide bonds. The molecule has 0 aliphatic carbocycles. The monoisotopic (exact) mass is 219 g/mol. The summed E-state index contributed by atoms with van der Waals surface area (Å²) in [5.41, 5.74) is 0.273. The average molecular weight is 219 g/mol. The largest absolute Gasteiger partial charge is 0.427 e. The van der Waals surface area contributed by atoms with Crippen LogP contribution in [0.5, 0.6) is 0 Å². The minimum Gasteiger partial charge on any atom is -0.427 e. The predicted molar refractivity (Wildman–Crippen MR) is 51.0 cm³/mol. The van der Waals surface area contributed by atoms with Crippen molar-refractivity contribution in [1.29, 1.82) is 0 Å². The third kappa shape index (κ3) is 2.82. The average Bonchev–Trinajstić information content (AvgIpc) is 1.96. The van der Waals surface area contributed by atoms with E-state index in [2.05, 4.69) is 0 Å². The number of sulfone groups is 1. The summed E-state index contributed by atoms with van der Waals surface area (Å²) in [5.74, 6) is -0.214. The van der Waals surface area contributed by atoms with Crippen LogP contribution in [0, 0.1) is 4.64 Å². The Morgan fingerprint density at radius 2 is 2.15 bits per heavy atom. The summed E-state index contributed by atoms with van der Waals surface area (Å²) < 4.78 is 22.7. The van der Waals surface area contributed by atoms with Crippen LogP contribution in [0.3, 0.4) is 0 Å². The van der Waals surface area contributed by atoms with E-state index >= 15 is 0 Å². The highest BCUT2D eigenvalue weighted by molar-refractivity contribution is 7.89. The second-order valence-electron chi connectivity index (χ2n) is 2.74. The molecule has 1 rings (SSSR count). The fraction of sp³-hybridized carbons (Fsp3) is 0.286. The van der Waals surface area contributed by atoms with Crippen LogP contribution in [0.4, 0.5) is 0 Å². The molecule has 0 aliphatic heterocycles. The van der Waals surface area contributed by atoms with Gasteiger partial charge in [0.15, 0.2) is 9.84 Å². The van der Waals surface area contributed by atoms with Crippen LogP contribution in [-0.4, -0.2) is 24.6 Å². The van der Waals surface area contributed by atoms with Gasteiger partial charge in [0.25, 0.3) is 0 Å². The molecular weight excluding hydrogens is 210 g/mol. The fourth-order valence-electron chi connectivity index (χ4n) is 0.902. The molecule has 0 unspecified atom stereocenters. The number of rotatable bonds is 2. The summed E-state index contributed by atoms with van der Waals surface area (Å²) >= 11 is 4.75. The molecule has 0 saturated carbocycles. The highest BCUT2D eigenvalue weighted by atomic mass is 32.2. The van der Waals surface area contributed by atoms with Crippen molar-refractivity contribution in [3.8, 4) is 0 Å². The number of pyridine rings is 1. The molecular formula is C7H9NO3S2. The van der Waals surface area contributed by atoms with Gasteiger partial charge in [0.05, 0.1) is 11.4 Å². The van der Waals surface area contributed by atoms with E-state index in [9.17, 15) is 13.6 Å². The van der Waals surface area contributed by atoms with Gasteiger partial charge in [0.1, 0.15) is 4.64 Å². The topological polar surface area (TPSA) is 59.3 Å². The summed E-state index contributed by atoms with van der Waals surface area (Å²) in [7, 11) is -3.14. The molecule has 6 heteroatoms. The summed E-state index contributed by atoms with van der Waals surface area (Å²) in [6.07, 6.45) is 1.10. The first-order chi connectivity index (χ1) is 5.90. The molecule has 0 bridgehead atoms. The Morgan fingerprint density at radius 3 is 2.69 bits per heavy atom. The van der Waals surface area contributed by atoms with Crippen LogP contribution in [0.15, 0.2) is 18.2 Å². The lowest BCUT2D eigenvalue weighted by Crippen LogP contribution is -2.09. The minimum atomic E-state index is -3.14. The Kier molecular flexibility index (Phi) is 2.72. The highest BCUT2D eigenvalue weighted by Crippen LogP contribution is 2.04. The quantitative estimate of drug-likeness (QED) is 0.595. The second kappa shape index (κ2) is 3.47. The molecule has 1 aromatic rings. The second-order valence-corrected chi connectivity index (χ2v) is 5.30. The smallest absolute Gasteiger partial charge is 0.153 e. The summed E-state index contributed by atoms with van der Waals surface area (Å²) in [4.78, 5) is 0. The third-order valence-electron chi connectivity index (χ3n) is 1.42. The maximum atomic E-state index is 10.9. The summed E-state index contributed by atoms with van der Waals surface area (Å²) in [6.45, 7) is 0. The van der Waals surface area contributed by atoms with Crippen LogP contribution >= 0.6 is 12.2 Å². The van der Waals surface area contributed by atoms with Crippen LogP contribution in [0.2, 0.25) is 0 Å². The zero-order chi connectivity index (χ0) is 10.1. The minimum absolute atomic E-state index is 0.196. The first-order valence-electron chi connectivity index (χ1n) is 3.48. The summed E-state index contributed by atoms with van der Waals surface area (Å²) in [6, 6.07) is 4.63. The lowest BCUT2D eigenvalue weighted by Gasteiger charge is -2.04. The molecule has 1 heterocycles. The zero-order valence-electron chi connectivity index (χ0n) is 6.97. The standard InChI is InChI=1S/C7H9NO3S2/c1-13(10,11)5-6-3-2-4-7(12)8(6)9/h2-4,9H,5H2,1H3. The van der Waals surface area contributed by atoms with Gasteiger partial charge in [-0.2, -0.15) is 4.73 Å². The van der Waals surface area contributed by atoms with Gasteiger partial charge < -0.3 is 5.21 Å². The Bertz CT molecular complexity index is 461. The van der Waals surface area contributed by atoms with Crippen LogP contribution in [0.25, 0.3) is 0 Å². The predicted octanol–water partition coefficient (Wildman–Crippen LogP) is 0.999. The molecule has 0 radical (unpaired) electrons. The number of nitrogens with zero attached hydrogens (tertiary/aromatic N) is 1. The van der Waals surface area contributed by atoms with E-state index in [1.54, 1.807) is 6.07 Å². The van der Waals surface area contributed by atoms with Gasteiger partial charge in [-0.15, -0.1) is 0 Å². The molecule has 13 heavy (non-hydrogen) atoms. The Morgan fingerprint density at radius 1 is 1.54 bits per heavy atom. The van der Waals surface area contributed by atoms with E-state index in [0.29, 0.717) is 4.73 Å². The van der Waals surface area contributed by atoms with E-state index in [1.165, 1.54) is 12.1 Å². The molecule has 0 spiro atoms. The Labute approximate surface area is 81.3 Å². The van der Waals surface area contributed by atoms with Crippen molar-refractivity contribution in [2.75, 3.05) is 6.26 Å². The van der Waals surface area contributed by atoms with Crippen molar-refractivity contribution in [2.24, 2.45) is 0 Å². The van der Waals surface area contributed by atoms with E-state index in [1.807, 2.05) is 0 Å². The van der Waals surface area contributed by atoms with Gasteiger partial charge in [-0.05, 0) is 12.1 Å². The molecule has 1 N–H and O–H groups in total. The normalized spacial score (nSPS) is 11.5. The lowest BCUT2D eigenvalue weighted by molar-refractivity contribution is 0.173. The van der Waals surface area contributed by atoms with Crippen LogP contribution in [-0.2, 0) is 15.6 Å². The van der Waals surface area contributed by atoms with E-state index in [-0.39, 0.29) is 16.1 Å². The third-order valence-corrected chi connectivity index (χ3v) is 2.55. The van der Waals surface area contributed by atoms with Crippen LogP contribution in [0.1, 0.15) is 5.69 Å². The summed E-state index contributed by atoms with van der Waals surface area (Å²) in [5, 5.41) is 9.31. The SMILES string of the molecule is CS(=O)(=O)Cc1cccc(=S)n1O. The molecule has 0 fully saturated rings. The van der Waals surface area contributed by atoms with Gasteiger partial charge in [-0.25, -0.2) is 8.42 Å². The van der Waals surface area contributed by atoms with Gasteiger partial charge in [-0.3, -0.25) is 0 Å². The zero-order valence-corrected chi connectivity index (χ0v) is 8.60. The van der Waals surface area contributed by atoms with Crippen molar-refractivity contribution in [3.05, 3.63) is 28.5 Å². The van der Waals surface area contributed by atoms with Crippen molar-refractivity contribution < 1.29 is 13.6 Å². The molecule has 0 aliphatic rings. The fourth-order valence-corrected chi connectivity index (χ4v) is 1.85. The van der Waals surface area contributed by atoms with Crippen molar-refractivity contribution in [1.82, 2.24) is 4.73 Å². The van der Waals surface area contributed by atoms with Gasteiger partial charge in [0, 0.05) is 6.26 Å². The van der Waals surface area contributed by atoms with Gasteiger partial charge in [0.2, 0.25) is 0 Å². The van der Waals surface area contributed by atoms with Crippen molar-refractivity contribution in [3.63, 3.8) is 0 Å². The Hall–Kier alpha value is -0.880. The van der Waals surface area contributed by atoms with E-state index < -0.39 is 9.84 Å². The lowest BCUT2D eigenvalue weighted by atomic mass is 10.4. The van der Waals surface area contributed by atoms with Gasteiger partial charge >= 0.3 is 0 Å².